The lowest BCUT2D eigenvalue weighted by Gasteiger charge is -2.18. The van der Waals surface area contributed by atoms with E-state index in [0.717, 1.165) is 65.0 Å². The van der Waals surface area contributed by atoms with Gasteiger partial charge in [0.2, 0.25) is 0 Å². The highest BCUT2D eigenvalue weighted by molar-refractivity contribution is 7.24. The first kappa shape index (κ1) is 19.8. The second kappa shape index (κ2) is 9.31. The maximum atomic E-state index is 13.2. The van der Waals surface area contributed by atoms with Crippen LogP contribution in [0.5, 0.6) is 0 Å². The minimum atomic E-state index is 0.128. The summed E-state index contributed by atoms with van der Waals surface area (Å²) >= 11 is 1.71. The molecule has 0 fully saturated rings. The molecule has 0 aliphatic heterocycles. The molecule has 2 N–H and O–H groups in total. The summed E-state index contributed by atoms with van der Waals surface area (Å²) in [6.07, 6.45) is 1.06. The van der Waals surface area contributed by atoms with Crippen molar-refractivity contribution in [1.29, 1.82) is 0 Å². The maximum absolute atomic E-state index is 13.2. The topological polar surface area (TPSA) is 44.4 Å². The van der Waals surface area contributed by atoms with Gasteiger partial charge in [-0.05, 0) is 56.9 Å². The van der Waals surface area contributed by atoms with Crippen LogP contribution in [-0.2, 0) is 6.54 Å². The number of benzene rings is 2. The highest BCUT2D eigenvalue weighted by Crippen LogP contribution is 2.32. The van der Waals surface area contributed by atoms with E-state index in [4.69, 9.17) is 0 Å². The number of fused-ring (bicyclic) bond motifs is 2. The second-order valence-electron chi connectivity index (χ2n) is 6.74. The van der Waals surface area contributed by atoms with Gasteiger partial charge in [0.1, 0.15) is 0 Å². The van der Waals surface area contributed by atoms with Crippen LogP contribution >= 0.6 is 11.3 Å². The van der Waals surface area contributed by atoms with Crippen molar-refractivity contribution in [3.8, 4) is 0 Å². The molecule has 2 aromatic carbocycles. The van der Waals surface area contributed by atoms with Crippen molar-refractivity contribution in [2.45, 2.75) is 26.8 Å². The predicted molar refractivity (Wildman–Crippen MR) is 119 cm³/mol. The molecule has 0 atom stereocenters. The lowest BCUT2D eigenvalue weighted by Crippen LogP contribution is -2.25. The molecule has 3 aromatic rings. The Kier molecular flexibility index (Phi) is 6.83. The molecular weight excluding hydrogens is 354 g/mol. The number of hydrogen-bond donors (Lipinski definition) is 2. The van der Waals surface area contributed by atoms with Crippen molar-refractivity contribution in [1.82, 2.24) is 10.2 Å². The molecule has 0 spiro atoms. The molecule has 0 aliphatic carbocycles. The van der Waals surface area contributed by atoms with Gasteiger partial charge in [0.15, 0.2) is 5.43 Å². The van der Waals surface area contributed by atoms with Crippen molar-refractivity contribution in [2.75, 3.05) is 38.5 Å². The fraction of sp³-hybridized carbons (Fsp3) is 0.409. The molecule has 5 heteroatoms. The number of hydrogen-bond acceptors (Lipinski definition) is 5. The van der Waals surface area contributed by atoms with Crippen LogP contribution in [-0.4, -0.2) is 38.1 Å². The number of anilines is 1. The Morgan fingerprint density at radius 1 is 1.07 bits per heavy atom. The van der Waals surface area contributed by atoms with Crippen molar-refractivity contribution < 1.29 is 0 Å². The van der Waals surface area contributed by atoms with Crippen molar-refractivity contribution in [3.05, 3.63) is 52.2 Å². The first-order valence-electron chi connectivity index (χ1n) is 9.77. The standard InChI is InChI=1S/C22H29N3OS/c1-4-25(5-2)14-8-13-24-18-12-11-16(15-23-3)22-20(18)21(26)17-9-6-7-10-19(17)27-22/h6-7,9-12,23-24H,4-5,8,13-15H2,1-3H3. The van der Waals surface area contributed by atoms with Gasteiger partial charge in [0, 0.05) is 33.6 Å². The Labute approximate surface area is 165 Å². The van der Waals surface area contributed by atoms with E-state index in [1.165, 1.54) is 5.56 Å². The van der Waals surface area contributed by atoms with E-state index in [0.29, 0.717) is 0 Å². The molecule has 0 bridgehead atoms. The van der Waals surface area contributed by atoms with E-state index >= 15 is 0 Å². The second-order valence-corrected chi connectivity index (χ2v) is 7.79. The summed E-state index contributed by atoms with van der Waals surface area (Å²) in [5, 5.41) is 8.38. The highest BCUT2D eigenvalue weighted by atomic mass is 32.1. The third-order valence-electron chi connectivity index (χ3n) is 5.04. The zero-order chi connectivity index (χ0) is 19.2. The van der Waals surface area contributed by atoms with Crippen LogP contribution in [0.1, 0.15) is 25.8 Å². The Morgan fingerprint density at radius 2 is 1.85 bits per heavy atom. The van der Waals surface area contributed by atoms with E-state index in [1.54, 1.807) is 11.3 Å². The molecule has 0 saturated heterocycles. The normalized spacial score (nSPS) is 11.6. The van der Waals surface area contributed by atoms with Gasteiger partial charge in [0.05, 0.1) is 5.39 Å². The first-order valence-corrected chi connectivity index (χ1v) is 10.6. The number of rotatable bonds is 9. The molecule has 4 nitrogen and oxygen atoms in total. The zero-order valence-corrected chi connectivity index (χ0v) is 17.3. The van der Waals surface area contributed by atoms with Gasteiger partial charge in [0.25, 0.3) is 0 Å². The van der Waals surface area contributed by atoms with Gasteiger partial charge < -0.3 is 15.5 Å². The fourth-order valence-corrected chi connectivity index (χ4v) is 4.71. The van der Waals surface area contributed by atoms with Crippen molar-refractivity contribution in [3.63, 3.8) is 0 Å². The molecule has 0 saturated carbocycles. The zero-order valence-electron chi connectivity index (χ0n) is 16.5. The van der Waals surface area contributed by atoms with E-state index in [2.05, 4.69) is 41.5 Å². The van der Waals surface area contributed by atoms with Gasteiger partial charge in [-0.25, -0.2) is 0 Å². The quantitative estimate of drug-likeness (QED) is 0.428. The van der Waals surface area contributed by atoms with Gasteiger partial charge in [-0.2, -0.15) is 0 Å². The Hall–Kier alpha value is -1.95. The summed E-state index contributed by atoms with van der Waals surface area (Å²) in [4.78, 5) is 15.7. The molecule has 0 amide bonds. The summed E-state index contributed by atoms with van der Waals surface area (Å²) < 4.78 is 2.13. The van der Waals surface area contributed by atoms with Gasteiger partial charge in [-0.15, -0.1) is 11.3 Å². The van der Waals surface area contributed by atoms with Crippen LogP contribution in [0.2, 0.25) is 0 Å². The van der Waals surface area contributed by atoms with Crippen LogP contribution in [0.25, 0.3) is 20.2 Å². The molecule has 0 unspecified atom stereocenters. The third kappa shape index (κ3) is 4.32. The third-order valence-corrected chi connectivity index (χ3v) is 6.28. The van der Waals surface area contributed by atoms with Crippen LogP contribution in [0, 0.1) is 0 Å². The molecule has 3 rings (SSSR count). The summed E-state index contributed by atoms with van der Waals surface area (Å²) in [7, 11) is 1.94. The molecule has 0 aliphatic rings. The van der Waals surface area contributed by atoms with Crippen molar-refractivity contribution in [2.24, 2.45) is 0 Å². The molecule has 1 aromatic heterocycles. The monoisotopic (exact) mass is 383 g/mol. The van der Waals surface area contributed by atoms with Gasteiger partial charge in [-0.1, -0.05) is 32.0 Å². The number of nitrogens with one attached hydrogen (secondary N) is 2. The average Bonchev–Trinajstić information content (AvgIpc) is 2.70. The van der Waals surface area contributed by atoms with Crippen LogP contribution in [0.15, 0.2) is 41.2 Å². The molecular formula is C22H29N3OS. The van der Waals surface area contributed by atoms with E-state index in [1.807, 2.05) is 31.3 Å². The Bertz CT molecular complexity index is 963. The van der Waals surface area contributed by atoms with Gasteiger partial charge >= 0.3 is 0 Å². The van der Waals surface area contributed by atoms with E-state index < -0.39 is 0 Å². The molecule has 27 heavy (non-hydrogen) atoms. The summed E-state index contributed by atoms with van der Waals surface area (Å²) in [5.74, 6) is 0. The van der Waals surface area contributed by atoms with E-state index in [9.17, 15) is 4.79 Å². The fourth-order valence-electron chi connectivity index (χ4n) is 3.50. The van der Waals surface area contributed by atoms with Crippen molar-refractivity contribution >= 4 is 37.2 Å². The highest BCUT2D eigenvalue weighted by Gasteiger charge is 2.13. The molecule has 144 valence electrons. The summed E-state index contributed by atoms with van der Waals surface area (Å²) in [6, 6.07) is 12.1. The Morgan fingerprint density at radius 3 is 2.59 bits per heavy atom. The SMILES string of the molecule is CCN(CC)CCCNc1ccc(CNC)c2sc3ccccc3c(=O)c12. The predicted octanol–water partition coefficient (Wildman–Crippen LogP) is 4.28. The molecule has 0 radical (unpaired) electrons. The Balaban J connectivity index is 1.97. The minimum Gasteiger partial charge on any atom is -0.384 e. The lowest BCUT2D eigenvalue weighted by molar-refractivity contribution is 0.303. The van der Waals surface area contributed by atoms with Gasteiger partial charge in [-0.3, -0.25) is 4.79 Å². The van der Waals surface area contributed by atoms with Crippen LogP contribution < -0.4 is 16.1 Å². The minimum absolute atomic E-state index is 0.128. The lowest BCUT2D eigenvalue weighted by atomic mass is 10.1. The smallest absolute Gasteiger partial charge is 0.197 e. The number of nitrogens with zero attached hydrogens (tertiary/aromatic N) is 1. The largest absolute Gasteiger partial charge is 0.384 e. The maximum Gasteiger partial charge on any atom is 0.197 e. The first-order chi connectivity index (χ1) is 13.2. The average molecular weight is 384 g/mol. The van der Waals surface area contributed by atoms with E-state index in [-0.39, 0.29) is 5.43 Å². The van der Waals surface area contributed by atoms with Crippen LogP contribution in [0.3, 0.4) is 0 Å². The summed E-state index contributed by atoms with van der Waals surface area (Å²) in [6.45, 7) is 9.25. The van der Waals surface area contributed by atoms with Crippen LogP contribution in [0.4, 0.5) is 5.69 Å². The summed E-state index contributed by atoms with van der Waals surface area (Å²) in [5.41, 5.74) is 2.26. The molecule has 1 heterocycles.